The van der Waals surface area contributed by atoms with Crippen molar-refractivity contribution in [1.29, 1.82) is 0 Å². The molecule has 2 aliphatic carbocycles. The molecule has 4 atom stereocenters. The SMILES string of the molecule is COc1ccc(O[C@H]2CCC[C@H]([NH3+])C(=O)C[C@@H](C)[C@@H]2OC2CCCC2)cc1. The van der Waals surface area contributed by atoms with Crippen molar-refractivity contribution in [2.45, 2.75) is 82.6 Å². The van der Waals surface area contributed by atoms with Gasteiger partial charge in [0.2, 0.25) is 0 Å². The smallest absolute Gasteiger partial charge is 0.190 e. The highest BCUT2D eigenvalue weighted by Gasteiger charge is 2.36. The van der Waals surface area contributed by atoms with Gasteiger partial charge in [-0.15, -0.1) is 0 Å². The lowest BCUT2D eigenvalue weighted by Crippen LogP contribution is -2.64. The second kappa shape index (κ2) is 9.56. The van der Waals surface area contributed by atoms with Gasteiger partial charge in [0.15, 0.2) is 5.78 Å². The Labute approximate surface area is 162 Å². The number of rotatable bonds is 5. The van der Waals surface area contributed by atoms with E-state index in [0.717, 1.165) is 43.6 Å². The largest absolute Gasteiger partial charge is 0.497 e. The van der Waals surface area contributed by atoms with Gasteiger partial charge < -0.3 is 19.9 Å². The van der Waals surface area contributed by atoms with Crippen LogP contribution in [0.3, 0.4) is 0 Å². The van der Waals surface area contributed by atoms with Crippen LogP contribution in [0.1, 0.15) is 58.3 Å². The molecule has 0 saturated heterocycles. The minimum Gasteiger partial charge on any atom is -0.497 e. The van der Waals surface area contributed by atoms with Crippen molar-refractivity contribution in [3.05, 3.63) is 24.3 Å². The van der Waals surface area contributed by atoms with Gasteiger partial charge in [-0.05, 0) is 55.9 Å². The standard InChI is InChI=1S/C22H33NO4/c1-15-14-20(24)19(23)8-5-9-21(22(15)27-17-6-3-4-7-17)26-18-12-10-16(25-2)11-13-18/h10-13,15,17,19,21-22H,3-9,14,23H2,1-2H3/p+1/t15-,19+,21+,22+/m1/s1. The van der Waals surface area contributed by atoms with Gasteiger partial charge >= 0.3 is 0 Å². The Hall–Kier alpha value is -1.59. The Morgan fingerprint density at radius 3 is 2.30 bits per heavy atom. The molecule has 0 heterocycles. The highest BCUT2D eigenvalue weighted by molar-refractivity contribution is 5.82. The van der Waals surface area contributed by atoms with Gasteiger partial charge in [0.1, 0.15) is 23.6 Å². The first-order valence-corrected chi connectivity index (χ1v) is 10.4. The number of carbonyl (C=O) groups is 1. The molecule has 2 saturated carbocycles. The van der Waals surface area contributed by atoms with Crippen LogP contribution in [-0.4, -0.2) is 37.2 Å². The third kappa shape index (κ3) is 5.45. The average molecular weight is 377 g/mol. The normalized spacial score (nSPS) is 30.4. The molecule has 5 heteroatoms. The van der Waals surface area contributed by atoms with E-state index in [2.05, 4.69) is 12.7 Å². The summed E-state index contributed by atoms with van der Waals surface area (Å²) >= 11 is 0. The van der Waals surface area contributed by atoms with E-state index in [4.69, 9.17) is 14.2 Å². The Kier molecular flexibility index (Phi) is 7.13. The second-order valence-electron chi connectivity index (χ2n) is 8.11. The molecular weight excluding hydrogens is 342 g/mol. The molecule has 1 aromatic carbocycles. The van der Waals surface area contributed by atoms with Crippen LogP contribution in [0.5, 0.6) is 11.5 Å². The summed E-state index contributed by atoms with van der Waals surface area (Å²) in [5, 5.41) is 0. The quantitative estimate of drug-likeness (QED) is 0.857. The van der Waals surface area contributed by atoms with Crippen LogP contribution in [0.15, 0.2) is 24.3 Å². The van der Waals surface area contributed by atoms with E-state index in [0.29, 0.717) is 12.5 Å². The Balaban J connectivity index is 1.78. The molecule has 3 N–H and O–H groups in total. The van der Waals surface area contributed by atoms with E-state index in [-0.39, 0.29) is 30.0 Å². The summed E-state index contributed by atoms with van der Waals surface area (Å²) in [6, 6.07) is 7.60. The number of hydrogen-bond acceptors (Lipinski definition) is 4. The number of carbonyl (C=O) groups excluding carboxylic acids is 1. The molecule has 3 rings (SSSR count). The molecule has 2 aliphatic rings. The number of Topliss-reactive ketones (excluding diaryl/α,β-unsaturated/α-hetero) is 1. The number of ether oxygens (including phenoxy) is 3. The molecule has 0 radical (unpaired) electrons. The predicted molar refractivity (Wildman–Crippen MR) is 104 cm³/mol. The summed E-state index contributed by atoms with van der Waals surface area (Å²) < 4.78 is 18.2. The Morgan fingerprint density at radius 2 is 1.63 bits per heavy atom. The summed E-state index contributed by atoms with van der Waals surface area (Å²) in [5.41, 5.74) is 4.07. The fourth-order valence-electron chi connectivity index (χ4n) is 4.28. The third-order valence-corrected chi connectivity index (χ3v) is 5.95. The Bertz CT molecular complexity index is 597. The van der Waals surface area contributed by atoms with E-state index in [1.807, 2.05) is 24.3 Å². The fourth-order valence-corrected chi connectivity index (χ4v) is 4.28. The highest BCUT2D eigenvalue weighted by atomic mass is 16.5. The Morgan fingerprint density at radius 1 is 0.963 bits per heavy atom. The molecule has 0 unspecified atom stereocenters. The van der Waals surface area contributed by atoms with Gasteiger partial charge in [0.25, 0.3) is 0 Å². The van der Waals surface area contributed by atoms with Gasteiger partial charge in [-0.2, -0.15) is 0 Å². The molecule has 2 fully saturated rings. The zero-order valence-corrected chi connectivity index (χ0v) is 16.7. The first kappa shape index (κ1) is 20.2. The van der Waals surface area contributed by atoms with Crippen LogP contribution in [0, 0.1) is 5.92 Å². The number of hydrogen-bond donors (Lipinski definition) is 1. The summed E-state index contributed by atoms with van der Waals surface area (Å²) in [6.07, 6.45) is 8.03. The minimum atomic E-state index is -0.112. The monoisotopic (exact) mass is 376 g/mol. The highest BCUT2D eigenvalue weighted by Crippen LogP contribution is 2.31. The van der Waals surface area contributed by atoms with Crippen LogP contribution >= 0.6 is 0 Å². The number of ketones is 1. The summed E-state index contributed by atoms with van der Waals surface area (Å²) in [6.45, 7) is 2.12. The maximum Gasteiger partial charge on any atom is 0.190 e. The number of quaternary nitrogens is 1. The average Bonchev–Trinajstić information content (AvgIpc) is 3.19. The van der Waals surface area contributed by atoms with E-state index in [9.17, 15) is 4.79 Å². The molecule has 150 valence electrons. The van der Waals surface area contributed by atoms with Gasteiger partial charge in [0, 0.05) is 12.8 Å². The van der Waals surface area contributed by atoms with Crippen molar-refractivity contribution < 1.29 is 24.7 Å². The molecule has 0 aromatic heterocycles. The molecule has 0 bridgehead atoms. The van der Waals surface area contributed by atoms with Crippen molar-refractivity contribution in [1.82, 2.24) is 0 Å². The minimum absolute atomic E-state index is 0.0490. The second-order valence-corrected chi connectivity index (χ2v) is 8.11. The summed E-state index contributed by atoms with van der Waals surface area (Å²) in [4.78, 5) is 12.5. The lowest BCUT2D eigenvalue weighted by Gasteiger charge is -2.33. The van der Waals surface area contributed by atoms with E-state index >= 15 is 0 Å². The van der Waals surface area contributed by atoms with Crippen LogP contribution in [0.4, 0.5) is 0 Å². The van der Waals surface area contributed by atoms with Gasteiger partial charge in [-0.1, -0.05) is 19.8 Å². The molecule has 1 aromatic rings. The maximum absolute atomic E-state index is 12.5. The number of benzene rings is 1. The molecule has 0 amide bonds. The van der Waals surface area contributed by atoms with Gasteiger partial charge in [-0.25, -0.2) is 0 Å². The van der Waals surface area contributed by atoms with Crippen LogP contribution in [0.25, 0.3) is 0 Å². The van der Waals surface area contributed by atoms with E-state index in [1.54, 1.807) is 7.11 Å². The van der Waals surface area contributed by atoms with Crippen molar-refractivity contribution in [3.8, 4) is 11.5 Å². The zero-order chi connectivity index (χ0) is 19.2. The van der Waals surface area contributed by atoms with Crippen molar-refractivity contribution in [2.24, 2.45) is 5.92 Å². The molecular formula is C22H34NO4+. The zero-order valence-electron chi connectivity index (χ0n) is 16.7. The predicted octanol–water partition coefficient (Wildman–Crippen LogP) is 3.16. The lowest BCUT2D eigenvalue weighted by atomic mass is 9.92. The third-order valence-electron chi connectivity index (χ3n) is 5.95. The fraction of sp³-hybridized carbons (Fsp3) is 0.682. The molecule has 5 nitrogen and oxygen atoms in total. The van der Waals surface area contributed by atoms with Crippen molar-refractivity contribution in [2.75, 3.05) is 7.11 Å². The summed E-state index contributed by atoms with van der Waals surface area (Å²) in [5.74, 6) is 2.02. The van der Waals surface area contributed by atoms with E-state index < -0.39 is 0 Å². The lowest BCUT2D eigenvalue weighted by molar-refractivity contribution is -0.404. The molecule has 0 aliphatic heterocycles. The van der Waals surface area contributed by atoms with Crippen LogP contribution < -0.4 is 15.2 Å². The number of methoxy groups -OCH3 is 1. The topological polar surface area (TPSA) is 72.4 Å². The molecule has 0 spiro atoms. The van der Waals surface area contributed by atoms with Gasteiger partial charge in [0.05, 0.1) is 19.3 Å². The van der Waals surface area contributed by atoms with E-state index in [1.165, 1.54) is 12.8 Å². The van der Waals surface area contributed by atoms with Crippen LogP contribution in [-0.2, 0) is 9.53 Å². The first-order chi connectivity index (χ1) is 13.1. The van der Waals surface area contributed by atoms with Gasteiger partial charge in [-0.3, -0.25) is 4.79 Å². The first-order valence-electron chi connectivity index (χ1n) is 10.4. The van der Waals surface area contributed by atoms with Crippen molar-refractivity contribution in [3.63, 3.8) is 0 Å². The summed E-state index contributed by atoms with van der Waals surface area (Å²) in [7, 11) is 1.66. The van der Waals surface area contributed by atoms with Crippen LogP contribution in [0.2, 0.25) is 0 Å². The maximum atomic E-state index is 12.5. The van der Waals surface area contributed by atoms with Crippen molar-refractivity contribution >= 4 is 5.78 Å². The molecule has 27 heavy (non-hydrogen) atoms.